The summed E-state index contributed by atoms with van der Waals surface area (Å²) < 4.78 is 0. The van der Waals surface area contributed by atoms with Gasteiger partial charge in [0.1, 0.15) is 6.04 Å². The monoisotopic (exact) mass is 385 g/mol. The highest BCUT2D eigenvalue weighted by Crippen LogP contribution is 2.31. The highest BCUT2D eigenvalue weighted by molar-refractivity contribution is 5.81. The van der Waals surface area contributed by atoms with Crippen molar-refractivity contribution in [1.82, 2.24) is 9.80 Å². The van der Waals surface area contributed by atoms with E-state index in [1.165, 1.54) is 11.1 Å². The molecule has 3 aromatic rings. The van der Waals surface area contributed by atoms with Crippen molar-refractivity contribution in [3.05, 3.63) is 108 Å². The smallest absolute Gasteiger partial charge is 0.239 e. The Bertz CT molecular complexity index is 867. The molecule has 0 spiro atoms. The van der Waals surface area contributed by atoms with Crippen LogP contribution < -0.4 is 5.73 Å². The van der Waals surface area contributed by atoms with Gasteiger partial charge in [0.2, 0.25) is 5.91 Å². The largest absolute Gasteiger partial charge is 0.368 e. The predicted octanol–water partition coefficient (Wildman–Crippen LogP) is 3.62. The number of nitrogens with zero attached hydrogens (tertiary/aromatic N) is 2. The van der Waals surface area contributed by atoms with Crippen LogP contribution in [-0.2, 0) is 4.79 Å². The van der Waals surface area contributed by atoms with Crippen LogP contribution >= 0.6 is 0 Å². The predicted molar refractivity (Wildman–Crippen MR) is 116 cm³/mol. The standard InChI is InChI=1S/C25H27N3O/c26-25(29)24(22-14-8-3-9-15-22)28-18-16-27(17-19-28)23(20-10-4-1-5-11-20)21-12-6-2-7-13-21/h1-15,23-24H,16-19H2,(H2,26,29). The number of primary amides is 1. The summed E-state index contributed by atoms with van der Waals surface area (Å²) in [6.07, 6.45) is 0. The quantitative estimate of drug-likeness (QED) is 0.705. The zero-order valence-corrected chi connectivity index (χ0v) is 16.5. The third-order valence-corrected chi connectivity index (χ3v) is 5.69. The van der Waals surface area contributed by atoms with E-state index in [1.54, 1.807) is 0 Å². The Balaban J connectivity index is 1.54. The molecule has 0 radical (unpaired) electrons. The molecule has 4 nitrogen and oxygen atoms in total. The van der Waals surface area contributed by atoms with Crippen LogP contribution in [0.2, 0.25) is 0 Å². The number of hydrogen-bond acceptors (Lipinski definition) is 3. The fraction of sp³-hybridized carbons (Fsp3) is 0.240. The molecule has 4 heteroatoms. The first-order valence-corrected chi connectivity index (χ1v) is 10.2. The summed E-state index contributed by atoms with van der Waals surface area (Å²) in [6, 6.07) is 31.0. The van der Waals surface area contributed by atoms with Gasteiger partial charge in [-0.3, -0.25) is 14.6 Å². The number of nitrogens with two attached hydrogens (primary N) is 1. The van der Waals surface area contributed by atoms with Crippen molar-refractivity contribution >= 4 is 5.91 Å². The third kappa shape index (κ3) is 4.39. The molecule has 29 heavy (non-hydrogen) atoms. The lowest BCUT2D eigenvalue weighted by atomic mass is 9.96. The van der Waals surface area contributed by atoms with Gasteiger partial charge in [0.05, 0.1) is 6.04 Å². The van der Waals surface area contributed by atoms with E-state index >= 15 is 0 Å². The van der Waals surface area contributed by atoms with Crippen LogP contribution in [0.4, 0.5) is 0 Å². The molecule has 148 valence electrons. The highest BCUT2D eigenvalue weighted by Gasteiger charge is 2.32. The van der Waals surface area contributed by atoms with Crippen molar-refractivity contribution in [2.45, 2.75) is 12.1 Å². The third-order valence-electron chi connectivity index (χ3n) is 5.69. The van der Waals surface area contributed by atoms with Gasteiger partial charge >= 0.3 is 0 Å². The van der Waals surface area contributed by atoms with Crippen LogP contribution in [0.3, 0.4) is 0 Å². The van der Waals surface area contributed by atoms with E-state index in [1.807, 2.05) is 30.3 Å². The summed E-state index contributed by atoms with van der Waals surface area (Å²) in [5.74, 6) is -0.285. The second kappa shape index (κ2) is 9.03. The van der Waals surface area contributed by atoms with E-state index in [2.05, 4.69) is 70.5 Å². The second-order valence-corrected chi connectivity index (χ2v) is 7.51. The molecule has 1 unspecified atom stereocenters. The summed E-state index contributed by atoms with van der Waals surface area (Å²) >= 11 is 0. The summed E-state index contributed by atoms with van der Waals surface area (Å²) in [5.41, 5.74) is 9.34. The van der Waals surface area contributed by atoms with E-state index < -0.39 is 0 Å². The van der Waals surface area contributed by atoms with Gasteiger partial charge in [-0.15, -0.1) is 0 Å². The van der Waals surface area contributed by atoms with Gasteiger partial charge < -0.3 is 5.73 Å². The molecule has 0 saturated carbocycles. The summed E-state index contributed by atoms with van der Waals surface area (Å²) in [5, 5.41) is 0. The minimum absolute atomic E-state index is 0.211. The molecule has 1 fully saturated rings. The van der Waals surface area contributed by atoms with E-state index in [4.69, 9.17) is 5.73 Å². The minimum atomic E-state index is -0.370. The molecule has 4 rings (SSSR count). The van der Waals surface area contributed by atoms with Crippen LogP contribution in [0.15, 0.2) is 91.0 Å². The van der Waals surface area contributed by atoms with E-state index in [0.717, 1.165) is 31.7 Å². The lowest BCUT2D eigenvalue weighted by molar-refractivity contribution is -0.124. The van der Waals surface area contributed by atoms with Crippen LogP contribution in [0.25, 0.3) is 0 Å². The Kier molecular flexibility index (Phi) is 6.03. The number of carbonyl (C=O) groups excluding carboxylic acids is 1. The van der Waals surface area contributed by atoms with Crippen molar-refractivity contribution in [2.24, 2.45) is 5.73 Å². The van der Waals surface area contributed by atoms with Crippen LogP contribution in [0.5, 0.6) is 0 Å². The first kappa shape index (κ1) is 19.4. The van der Waals surface area contributed by atoms with Gasteiger partial charge in [0.15, 0.2) is 0 Å². The van der Waals surface area contributed by atoms with E-state index in [9.17, 15) is 4.79 Å². The Morgan fingerprint density at radius 2 is 1.00 bits per heavy atom. The number of amides is 1. The summed E-state index contributed by atoms with van der Waals surface area (Å²) in [6.45, 7) is 3.37. The average Bonchev–Trinajstić information content (AvgIpc) is 2.77. The number of hydrogen-bond donors (Lipinski definition) is 1. The summed E-state index contributed by atoms with van der Waals surface area (Å²) in [4.78, 5) is 16.9. The molecular formula is C25H27N3O. The lowest BCUT2D eigenvalue weighted by Crippen LogP contribution is -2.51. The number of benzene rings is 3. The van der Waals surface area contributed by atoms with Gasteiger partial charge in [-0.2, -0.15) is 0 Å². The Labute approximate surface area is 172 Å². The van der Waals surface area contributed by atoms with Crippen molar-refractivity contribution in [3.8, 4) is 0 Å². The normalized spacial score (nSPS) is 16.6. The van der Waals surface area contributed by atoms with Crippen LogP contribution in [0, 0.1) is 0 Å². The lowest BCUT2D eigenvalue weighted by Gasteiger charge is -2.42. The maximum Gasteiger partial charge on any atom is 0.239 e. The molecule has 0 aliphatic carbocycles. The van der Waals surface area contributed by atoms with E-state index in [0.29, 0.717) is 0 Å². The molecule has 1 amide bonds. The molecule has 1 atom stereocenters. The molecule has 1 heterocycles. The van der Waals surface area contributed by atoms with Gasteiger partial charge in [-0.05, 0) is 16.7 Å². The topological polar surface area (TPSA) is 49.6 Å². The number of piperazine rings is 1. The molecule has 1 saturated heterocycles. The molecule has 2 N–H and O–H groups in total. The van der Waals surface area contributed by atoms with E-state index in [-0.39, 0.29) is 18.0 Å². The first-order valence-electron chi connectivity index (χ1n) is 10.2. The molecule has 1 aliphatic rings. The maximum absolute atomic E-state index is 12.2. The van der Waals surface area contributed by atoms with Gasteiger partial charge in [0, 0.05) is 26.2 Å². The van der Waals surface area contributed by atoms with Gasteiger partial charge in [-0.1, -0.05) is 91.0 Å². The van der Waals surface area contributed by atoms with Crippen LogP contribution in [0.1, 0.15) is 28.8 Å². The van der Waals surface area contributed by atoms with Gasteiger partial charge in [0.25, 0.3) is 0 Å². The molecule has 3 aromatic carbocycles. The molecule has 0 bridgehead atoms. The Morgan fingerprint density at radius 1 is 0.621 bits per heavy atom. The maximum atomic E-state index is 12.2. The number of rotatable bonds is 6. The number of carbonyl (C=O) groups is 1. The minimum Gasteiger partial charge on any atom is -0.368 e. The van der Waals surface area contributed by atoms with Crippen molar-refractivity contribution < 1.29 is 4.79 Å². The molecule has 0 aromatic heterocycles. The zero-order chi connectivity index (χ0) is 20.1. The van der Waals surface area contributed by atoms with Crippen LogP contribution in [-0.4, -0.2) is 41.9 Å². The van der Waals surface area contributed by atoms with Crippen molar-refractivity contribution in [2.75, 3.05) is 26.2 Å². The first-order chi connectivity index (χ1) is 14.2. The fourth-order valence-electron chi connectivity index (χ4n) is 4.33. The Hall–Kier alpha value is -2.95. The second-order valence-electron chi connectivity index (χ2n) is 7.51. The average molecular weight is 386 g/mol. The van der Waals surface area contributed by atoms with Crippen molar-refractivity contribution in [3.63, 3.8) is 0 Å². The Morgan fingerprint density at radius 3 is 1.41 bits per heavy atom. The molecule has 1 aliphatic heterocycles. The van der Waals surface area contributed by atoms with Crippen molar-refractivity contribution in [1.29, 1.82) is 0 Å². The SMILES string of the molecule is NC(=O)C(c1ccccc1)N1CCN(C(c2ccccc2)c2ccccc2)CC1. The zero-order valence-electron chi connectivity index (χ0n) is 16.5. The molecular weight excluding hydrogens is 358 g/mol. The summed E-state index contributed by atoms with van der Waals surface area (Å²) in [7, 11) is 0. The fourth-order valence-corrected chi connectivity index (χ4v) is 4.33. The highest BCUT2D eigenvalue weighted by atomic mass is 16.1. The van der Waals surface area contributed by atoms with Gasteiger partial charge in [-0.25, -0.2) is 0 Å².